The van der Waals surface area contributed by atoms with E-state index < -0.39 is 5.60 Å². The van der Waals surface area contributed by atoms with E-state index >= 15 is 0 Å². The van der Waals surface area contributed by atoms with Crippen molar-refractivity contribution in [1.82, 2.24) is 14.5 Å². The van der Waals surface area contributed by atoms with Gasteiger partial charge in [0.2, 0.25) is 5.91 Å². The lowest BCUT2D eigenvalue weighted by Gasteiger charge is -2.38. The quantitative estimate of drug-likeness (QED) is 0.436. The molecule has 1 saturated heterocycles. The van der Waals surface area contributed by atoms with E-state index in [1.54, 1.807) is 0 Å². The van der Waals surface area contributed by atoms with Crippen LogP contribution in [0.1, 0.15) is 37.7 Å². The highest BCUT2D eigenvalue weighted by Gasteiger charge is 2.35. The number of likely N-dealkylation sites (tertiary alicyclic amines) is 1. The van der Waals surface area contributed by atoms with Crippen molar-refractivity contribution in [2.75, 3.05) is 13.1 Å². The van der Waals surface area contributed by atoms with E-state index in [1.807, 2.05) is 77.7 Å². The van der Waals surface area contributed by atoms with E-state index in [2.05, 4.69) is 11.9 Å². The molecule has 1 aliphatic rings. The molecule has 0 radical (unpaired) electrons. The molecular weight excluding hydrogens is 450 g/mol. The van der Waals surface area contributed by atoms with Gasteiger partial charge in [0, 0.05) is 31.1 Å². The van der Waals surface area contributed by atoms with Gasteiger partial charge >= 0.3 is 0 Å². The normalized spacial score (nSPS) is 16.1. The third-order valence-electron chi connectivity index (χ3n) is 7.31. The maximum atomic E-state index is 12.9. The number of aromatic nitrogens is 2. The number of piperidine rings is 1. The van der Waals surface area contributed by atoms with Gasteiger partial charge in [-0.15, -0.1) is 0 Å². The number of carbonyl (C=O) groups is 1. The SMILES string of the molecule is C[C@H](CC(=O)N1CCC(O)(Cn2cnc(-c3cccc4ccccc34)cc2=O)CC1)c1ccccc1. The molecule has 1 aliphatic heterocycles. The molecule has 1 aromatic heterocycles. The molecule has 0 unspecified atom stereocenters. The van der Waals surface area contributed by atoms with Gasteiger partial charge in [-0.25, -0.2) is 4.98 Å². The zero-order chi connectivity index (χ0) is 25.1. The Morgan fingerprint density at radius 2 is 1.69 bits per heavy atom. The van der Waals surface area contributed by atoms with Crippen molar-refractivity contribution in [2.24, 2.45) is 0 Å². The van der Waals surface area contributed by atoms with Crippen LogP contribution < -0.4 is 5.56 Å². The Balaban J connectivity index is 1.23. The number of fused-ring (bicyclic) bond motifs is 1. The molecule has 36 heavy (non-hydrogen) atoms. The molecule has 184 valence electrons. The average molecular weight is 482 g/mol. The van der Waals surface area contributed by atoms with Gasteiger partial charge in [0.25, 0.3) is 5.56 Å². The minimum absolute atomic E-state index is 0.103. The van der Waals surface area contributed by atoms with E-state index in [0.717, 1.165) is 21.9 Å². The summed E-state index contributed by atoms with van der Waals surface area (Å²) in [7, 11) is 0. The molecule has 3 aromatic carbocycles. The fourth-order valence-electron chi connectivity index (χ4n) is 5.08. The molecule has 1 amide bonds. The minimum Gasteiger partial charge on any atom is -0.388 e. The van der Waals surface area contributed by atoms with E-state index in [1.165, 1.54) is 17.0 Å². The predicted molar refractivity (Wildman–Crippen MR) is 142 cm³/mol. The van der Waals surface area contributed by atoms with Gasteiger partial charge in [-0.05, 0) is 35.1 Å². The minimum atomic E-state index is -1.05. The summed E-state index contributed by atoms with van der Waals surface area (Å²) in [5.41, 5.74) is 1.43. The Kier molecular flexibility index (Phi) is 6.70. The third-order valence-corrected chi connectivity index (χ3v) is 7.31. The van der Waals surface area contributed by atoms with Crippen LogP contribution in [0.2, 0.25) is 0 Å². The molecule has 5 rings (SSSR count). The number of aliphatic hydroxyl groups is 1. The summed E-state index contributed by atoms with van der Waals surface area (Å²) in [5, 5.41) is 13.3. The predicted octanol–water partition coefficient (Wildman–Crippen LogP) is 4.61. The van der Waals surface area contributed by atoms with Crippen LogP contribution >= 0.6 is 0 Å². The Hall–Kier alpha value is -3.77. The van der Waals surface area contributed by atoms with E-state index in [9.17, 15) is 14.7 Å². The monoisotopic (exact) mass is 481 g/mol. The summed E-state index contributed by atoms with van der Waals surface area (Å²) < 4.78 is 1.48. The van der Waals surface area contributed by atoms with Gasteiger partial charge in [0.15, 0.2) is 0 Å². The van der Waals surface area contributed by atoms with Crippen molar-refractivity contribution in [3.05, 3.63) is 101 Å². The van der Waals surface area contributed by atoms with Gasteiger partial charge < -0.3 is 10.0 Å². The Bertz CT molecular complexity index is 1420. The van der Waals surface area contributed by atoms with Crippen molar-refractivity contribution >= 4 is 16.7 Å². The van der Waals surface area contributed by atoms with Crippen LogP contribution in [0.5, 0.6) is 0 Å². The zero-order valence-electron chi connectivity index (χ0n) is 20.5. The van der Waals surface area contributed by atoms with Gasteiger partial charge in [-0.2, -0.15) is 0 Å². The number of hydrogen-bond donors (Lipinski definition) is 1. The summed E-state index contributed by atoms with van der Waals surface area (Å²) in [4.78, 5) is 32.2. The number of carbonyl (C=O) groups excluding carboxylic acids is 1. The summed E-state index contributed by atoms with van der Waals surface area (Å²) >= 11 is 0. The molecule has 6 nitrogen and oxygen atoms in total. The molecule has 0 saturated carbocycles. The zero-order valence-corrected chi connectivity index (χ0v) is 20.5. The summed E-state index contributed by atoms with van der Waals surface area (Å²) in [5.74, 6) is 0.246. The van der Waals surface area contributed by atoms with Crippen molar-refractivity contribution in [2.45, 2.75) is 44.2 Å². The highest BCUT2D eigenvalue weighted by molar-refractivity contribution is 5.95. The molecule has 0 spiro atoms. The first-order chi connectivity index (χ1) is 17.4. The lowest BCUT2D eigenvalue weighted by molar-refractivity contribution is -0.136. The smallest absolute Gasteiger partial charge is 0.253 e. The third kappa shape index (κ3) is 5.09. The molecule has 1 fully saturated rings. The fraction of sp³-hybridized carbons (Fsp3) is 0.300. The van der Waals surface area contributed by atoms with Crippen molar-refractivity contribution in [3.8, 4) is 11.3 Å². The first kappa shape index (κ1) is 23.9. The van der Waals surface area contributed by atoms with Crippen molar-refractivity contribution in [3.63, 3.8) is 0 Å². The number of amides is 1. The van der Waals surface area contributed by atoms with Crippen LogP contribution in [-0.4, -0.2) is 44.2 Å². The van der Waals surface area contributed by atoms with Gasteiger partial charge in [0.1, 0.15) is 0 Å². The lowest BCUT2D eigenvalue weighted by Crippen LogP contribution is -2.49. The van der Waals surface area contributed by atoms with Gasteiger partial charge in [0.05, 0.1) is 24.2 Å². The molecular formula is C30H31N3O3. The maximum absolute atomic E-state index is 12.9. The molecule has 0 aliphatic carbocycles. The second kappa shape index (κ2) is 10.1. The summed E-state index contributed by atoms with van der Waals surface area (Å²) in [6, 6.07) is 25.6. The first-order valence-corrected chi connectivity index (χ1v) is 12.5. The molecule has 0 bridgehead atoms. The average Bonchev–Trinajstić information content (AvgIpc) is 2.90. The van der Waals surface area contributed by atoms with E-state index in [0.29, 0.717) is 38.0 Å². The summed E-state index contributed by atoms with van der Waals surface area (Å²) in [6.45, 7) is 3.19. The molecule has 1 atom stereocenters. The standard InChI is InChI=1S/C30H31N3O3/c1-22(23-8-3-2-4-9-23)18-28(34)32-16-14-30(36,15-17-32)20-33-21-31-27(19-29(33)35)26-13-7-11-24-10-5-6-12-25(24)26/h2-13,19,21-22,36H,14-18,20H2,1H3/t22-/m1/s1. The van der Waals surface area contributed by atoms with Gasteiger partial charge in [-0.1, -0.05) is 79.7 Å². The van der Waals surface area contributed by atoms with E-state index in [4.69, 9.17) is 0 Å². The second-order valence-electron chi connectivity index (χ2n) is 9.89. The lowest BCUT2D eigenvalue weighted by atomic mass is 9.90. The molecule has 6 heteroatoms. The van der Waals surface area contributed by atoms with Crippen molar-refractivity contribution < 1.29 is 9.90 Å². The highest BCUT2D eigenvalue weighted by atomic mass is 16.3. The van der Waals surface area contributed by atoms with Crippen LogP contribution in [0.4, 0.5) is 0 Å². The molecule has 4 aromatic rings. The number of rotatable bonds is 6. The fourth-order valence-corrected chi connectivity index (χ4v) is 5.08. The second-order valence-corrected chi connectivity index (χ2v) is 9.89. The highest BCUT2D eigenvalue weighted by Crippen LogP contribution is 2.28. The number of benzene rings is 3. The van der Waals surface area contributed by atoms with Crippen LogP contribution in [0.15, 0.2) is 90.0 Å². The topological polar surface area (TPSA) is 75.4 Å². The number of nitrogens with zero attached hydrogens (tertiary/aromatic N) is 3. The molecule has 2 heterocycles. The van der Waals surface area contributed by atoms with Crippen molar-refractivity contribution in [1.29, 1.82) is 0 Å². The van der Waals surface area contributed by atoms with Crippen LogP contribution in [0.3, 0.4) is 0 Å². The number of hydrogen-bond acceptors (Lipinski definition) is 4. The Morgan fingerprint density at radius 1 is 1.00 bits per heavy atom. The van der Waals surface area contributed by atoms with Gasteiger partial charge in [-0.3, -0.25) is 14.2 Å². The van der Waals surface area contributed by atoms with Crippen LogP contribution in [0.25, 0.3) is 22.0 Å². The summed E-state index contributed by atoms with van der Waals surface area (Å²) in [6.07, 6.45) is 2.82. The largest absolute Gasteiger partial charge is 0.388 e. The Labute approximate surface area is 210 Å². The molecule has 1 N–H and O–H groups in total. The first-order valence-electron chi connectivity index (χ1n) is 12.5. The van der Waals surface area contributed by atoms with Crippen LogP contribution in [-0.2, 0) is 11.3 Å². The van der Waals surface area contributed by atoms with Crippen LogP contribution in [0, 0.1) is 0 Å². The Morgan fingerprint density at radius 3 is 2.44 bits per heavy atom. The van der Waals surface area contributed by atoms with E-state index in [-0.39, 0.29) is 23.9 Å². The maximum Gasteiger partial charge on any atom is 0.253 e.